The van der Waals surface area contributed by atoms with Gasteiger partial charge in [-0.3, -0.25) is 14.5 Å². The second kappa shape index (κ2) is 9.05. The molecule has 0 radical (unpaired) electrons. The van der Waals surface area contributed by atoms with Crippen LogP contribution >= 0.6 is 11.6 Å². The van der Waals surface area contributed by atoms with Gasteiger partial charge in [-0.2, -0.15) is 0 Å². The van der Waals surface area contributed by atoms with Crippen molar-refractivity contribution in [3.63, 3.8) is 0 Å². The van der Waals surface area contributed by atoms with E-state index >= 15 is 0 Å². The highest BCUT2D eigenvalue weighted by molar-refractivity contribution is 6.37. The molecule has 1 heterocycles. The number of halogens is 1. The lowest BCUT2D eigenvalue weighted by Crippen LogP contribution is -2.42. The first kappa shape index (κ1) is 20.7. The molecule has 156 valence electrons. The van der Waals surface area contributed by atoms with Gasteiger partial charge in [-0.25, -0.2) is 0 Å². The van der Waals surface area contributed by atoms with Crippen LogP contribution in [0.25, 0.3) is 5.57 Å². The van der Waals surface area contributed by atoms with E-state index in [0.717, 1.165) is 36.9 Å². The van der Waals surface area contributed by atoms with E-state index < -0.39 is 0 Å². The number of imide groups is 1. The SMILES string of the molecule is CCN(C1=C(c2ccc(Cl)cc2)C(=O)N(C2CCCCCC2)C1=O)c1ccccc1. The number of anilines is 1. The lowest BCUT2D eigenvalue weighted by molar-refractivity contribution is -0.139. The van der Waals surface area contributed by atoms with Gasteiger partial charge in [-0.05, 0) is 49.6 Å². The summed E-state index contributed by atoms with van der Waals surface area (Å²) < 4.78 is 0. The highest BCUT2D eigenvalue weighted by Gasteiger charge is 2.44. The van der Waals surface area contributed by atoms with Crippen molar-refractivity contribution >= 4 is 34.7 Å². The first-order valence-corrected chi connectivity index (χ1v) is 11.2. The predicted molar refractivity (Wildman–Crippen MR) is 121 cm³/mol. The van der Waals surface area contributed by atoms with Crippen LogP contribution in [-0.4, -0.2) is 29.3 Å². The number of rotatable bonds is 5. The maximum Gasteiger partial charge on any atom is 0.278 e. The highest BCUT2D eigenvalue weighted by atomic mass is 35.5. The van der Waals surface area contributed by atoms with Crippen LogP contribution in [0.15, 0.2) is 60.3 Å². The van der Waals surface area contributed by atoms with Gasteiger partial charge in [0.05, 0.1) is 5.57 Å². The van der Waals surface area contributed by atoms with Gasteiger partial charge in [0.15, 0.2) is 0 Å². The number of hydrogen-bond acceptors (Lipinski definition) is 3. The number of benzene rings is 2. The van der Waals surface area contributed by atoms with E-state index in [9.17, 15) is 9.59 Å². The Labute approximate surface area is 183 Å². The third kappa shape index (κ3) is 3.89. The number of hydrogen-bond donors (Lipinski definition) is 0. The third-order valence-corrected chi connectivity index (χ3v) is 6.32. The molecule has 4 nitrogen and oxygen atoms in total. The molecule has 2 aliphatic rings. The fourth-order valence-corrected chi connectivity index (χ4v) is 4.71. The van der Waals surface area contributed by atoms with E-state index in [2.05, 4.69) is 0 Å². The Morgan fingerprint density at radius 3 is 2.13 bits per heavy atom. The molecule has 1 aliphatic carbocycles. The lowest BCUT2D eigenvalue weighted by Gasteiger charge is -2.28. The Hall–Kier alpha value is -2.59. The second-order valence-corrected chi connectivity index (χ2v) is 8.37. The van der Waals surface area contributed by atoms with Crippen LogP contribution in [0.4, 0.5) is 5.69 Å². The minimum Gasteiger partial charge on any atom is -0.337 e. The van der Waals surface area contributed by atoms with Crippen molar-refractivity contribution in [3.8, 4) is 0 Å². The van der Waals surface area contributed by atoms with Gasteiger partial charge in [-0.15, -0.1) is 0 Å². The molecule has 0 unspecified atom stereocenters. The monoisotopic (exact) mass is 422 g/mol. The van der Waals surface area contributed by atoms with Crippen LogP contribution in [0.5, 0.6) is 0 Å². The van der Waals surface area contributed by atoms with Crippen molar-refractivity contribution in [3.05, 3.63) is 70.9 Å². The molecule has 2 aromatic carbocycles. The standard InChI is InChI=1S/C25H27ClN2O2/c1-2-27(20-10-8-5-9-11-20)23-22(18-14-16-19(26)17-15-18)24(29)28(25(23)30)21-12-6-3-4-7-13-21/h5,8-11,14-17,21H,2-4,6-7,12-13H2,1H3. The first-order valence-electron chi connectivity index (χ1n) is 10.8. The largest absolute Gasteiger partial charge is 0.337 e. The molecule has 5 heteroatoms. The van der Waals surface area contributed by atoms with Gasteiger partial charge in [0.1, 0.15) is 5.70 Å². The summed E-state index contributed by atoms with van der Waals surface area (Å²) in [5.41, 5.74) is 2.59. The maximum absolute atomic E-state index is 13.7. The van der Waals surface area contributed by atoms with E-state index in [1.165, 1.54) is 17.7 Å². The van der Waals surface area contributed by atoms with Crippen molar-refractivity contribution in [1.29, 1.82) is 0 Å². The molecule has 2 aromatic rings. The van der Waals surface area contributed by atoms with Crippen molar-refractivity contribution in [1.82, 2.24) is 4.90 Å². The fourth-order valence-electron chi connectivity index (χ4n) is 4.59. The van der Waals surface area contributed by atoms with Crippen LogP contribution < -0.4 is 4.90 Å². The highest BCUT2D eigenvalue weighted by Crippen LogP contribution is 2.37. The summed E-state index contributed by atoms with van der Waals surface area (Å²) in [6.45, 7) is 2.60. The normalized spacial score (nSPS) is 18.1. The molecule has 0 aromatic heterocycles. The van der Waals surface area contributed by atoms with Crippen molar-refractivity contribution in [2.24, 2.45) is 0 Å². The molecule has 0 saturated heterocycles. The Kier molecular flexibility index (Phi) is 6.24. The first-order chi connectivity index (χ1) is 14.6. The zero-order chi connectivity index (χ0) is 21.1. The Morgan fingerprint density at radius 2 is 1.53 bits per heavy atom. The number of amides is 2. The molecule has 30 heavy (non-hydrogen) atoms. The topological polar surface area (TPSA) is 40.6 Å². The van der Waals surface area contributed by atoms with Gasteiger partial charge < -0.3 is 4.90 Å². The van der Waals surface area contributed by atoms with Crippen LogP contribution in [0, 0.1) is 0 Å². The Bertz CT molecular complexity index is 945. The minimum absolute atomic E-state index is 0.0261. The molecule has 2 amide bonds. The average molecular weight is 423 g/mol. The smallest absolute Gasteiger partial charge is 0.278 e. The van der Waals surface area contributed by atoms with Crippen molar-refractivity contribution in [2.75, 3.05) is 11.4 Å². The number of carbonyl (C=O) groups is 2. The molecule has 0 bridgehead atoms. The number of likely N-dealkylation sites (N-methyl/N-ethyl adjacent to an activating group) is 1. The van der Waals surface area contributed by atoms with Gasteiger partial charge in [0.2, 0.25) is 0 Å². The average Bonchev–Trinajstić information content (AvgIpc) is 2.93. The van der Waals surface area contributed by atoms with E-state index in [-0.39, 0.29) is 17.9 Å². The van der Waals surface area contributed by atoms with Gasteiger partial charge >= 0.3 is 0 Å². The zero-order valence-electron chi connectivity index (χ0n) is 17.3. The molecular formula is C25H27ClN2O2. The summed E-state index contributed by atoms with van der Waals surface area (Å²) in [6.07, 6.45) is 6.23. The Balaban J connectivity index is 1.82. The summed E-state index contributed by atoms with van der Waals surface area (Å²) in [5.74, 6) is -0.360. The van der Waals surface area contributed by atoms with E-state index in [1.807, 2.05) is 54.3 Å². The summed E-state index contributed by atoms with van der Waals surface area (Å²) >= 11 is 6.09. The maximum atomic E-state index is 13.7. The predicted octanol–water partition coefficient (Wildman–Crippen LogP) is 5.67. The van der Waals surface area contributed by atoms with Gasteiger partial charge in [0.25, 0.3) is 11.8 Å². The van der Waals surface area contributed by atoms with Crippen molar-refractivity contribution in [2.45, 2.75) is 51.5 Å². The van der Waals surface area contributed by atoms with Crippen LogP contribution in [-0.2, 0) is 9.59 Å². The lowest BCUT2D eigenvalue weighted by atomic mass is 10.0. The van der Waals surface area contributed by atoms with Crippen LogP contribution in [0.2, 0.25) is 5.02 Å². The van der Waals surface area contributed by atoms with Gasteiger partial charge in [0, 0.05) is 23.3 Å². The molecule has 1 saturated carbocycles. The minimum atomic E-state index is -0.182. The van der Waals surface area contributed by atoms with Gasteiger partial charge in [-0.1, -0.05) is 67.6 Å². The van der Waals surface area contributed by atoms with Crippen LogP contribution in [0.3, 0.4) is 0 Å². The van der Waals surface area contributed by atoms with E-state index in [0.29, 0.717) is 22.8 Å². The van der Waals surface area contributed by atoms with E-state index in [4.69, 9.17) is 11.6 Å². The third-order valence-electron chi connectivity index (χ3n) is 6.07. The molecule has 1 aliphatic heterocycles. The number of carbonyl (C=O) groups excluding carboxylic acids is 2. The van der Waals surface area contributed by atoms with E-state index in [1.54, 1.807) is 12.1 Å². The number of nitrogens with zero attached hydrogens (tertiary/aromatic N) is 2. The summed E-state index contributed by atoms with van der Waals surface area (Å²) in [4.78, 5) is 30.9. The summed E-state index contributed by atoms with van der Waals surface area (Å²) in [5, 5.41) is 0.605. The fraction of sp³-hybridized carbons (Fsp3) is 0.360. The second-order valence-electron chi connectivity index (χ2n) is 7.94. The molecule has 0 N–H and O–H groups in total. The molecule has 0 atom stereocenters. The molecule has 4 rings (SSSR count). The summed E-state index contributed by atoms with van der Waals surface area (Å²) in [7, 11) is 0. The Morgan fingerprint density at radius 1 is 0.900 bits per heavy atom. The zero-order valence-corrected chi connectivity index (χ0v) is 18.1. The molecule has 1 fully saturated rings. The number of para-hydroxylation sites is 1. The molecular weight excluding hydrogens is 396 g/mol. The molecule has 0 spiro atoms. The summed E-state index contributed by atoms with van der Waals surface area (Å²) in [6, 6.07) is 17.0. The quantitative estimate of drug-likeness (QED) is 0.460. The van der Waals surface area contributed by atoms with Crippen LogP contribution in [0.1, 0.15) is 51.0 Å². The van der Waals surface area contributed by atoms with Crippen molar-refractivity contribution < 1.29 is 9.59 Å².